The monoisotopic (exact) mass is 274 g/mol. The fourth-order valence-corrected chi connectivity index (χ4v) is 3.53. The van der Waals surface area contributed by atoms with Crippen LogP contribution in [0.25, 0.3) is 0 Å². The second-order valence-electron chi connectivity index (χ2n) is 6.10. The van der Waals surface area contributed by atoms with Crippen LogP contribution in [0.5, 0.6) is 5.75 Å². The van der Waals surface area contributed by atoms with Gasteiger partial charge in [0, 0.05) is 5.56 Å². The number of nitrogens with zero attached hydrogens (tertiary/aromatic N) is 1. The van der Waals surface area contributed by atoms with Gasteiger partial charge < -0.3 is 10.5 Å². The highest BCUT2D eigenvalue weighted by molar-refractivity contribution is 5.42. The number of nitrogens with two attached hydrogens (primary N) is 1. The molecule has 3 rings (SSSR count). The lowest BCUT2D eigenvalue weighted by Gasteiger charge is -2.39. The van der Waals surface area contributed by atoms with E-state index in [4.69, 9.17) is 10.5 Å². The number of hydrogen-bond acceptors (Lipinski definition) is 3. The van der Waals surface area contributed by atoms with Crippen LogP contribution < -0.4 is 10.5 Å². The largest absolute Gasteiger partial charge is 0.492 e. The van der Waals surface area contributed by atoms with Crippen LogP contribution in [0.3, 0.4) is 0 Å². The van der Waals surface area contributed by atoms with Crippen molar-refractivity contribution in [3.05, 3.63) is 29.3 Å². The molecule has 0 spiro atoms. The maximum atomic E-state index is 6.40. The van der Waals surface area contributed by atoms with Gasteiger partial charge in [-0.05, 0) is 44.0 Å². The number of rotatable bonds is 2. The highest BCUT2D eigenvalue weighted by Crippen LogP contribution is 2.37. The predicted molar refractivity (Wildman–Crippen MR) is 82.1 cm³/mol. The van der Waals surface area contributed by atoms with Gasteiger partial charge in [0.1, 0.15) is 12.4 Å². The molecule has 1 saturated heterocycles. The van der Waals surface area contributed by atoms with Crippen molar-refractivity contribution in [2.24, 2.45) is 5.73 Å². The van der Waals surface area contributed by atoms with Crippen LogP contribution >= 0.6 is 0 Å². The summed E-state index contributed by atoms with van der Waals surface area (Å²) >= 11 is 0. The van der Waals surface area contributed by atoms with Crippen molar-refractivity contribution in [3.8, 4) is 5.75 Å². The zero-order valence-corrected chi connectivity index (χ0v) is 12.5. The molecule has 1 aromatic carbocycles. The van der Waals surface area contributed by atoms with Gasteiger partial charge in [0.15, 0.2) is 0 Å². The van der Waals surface area contributed by atoms with Gasteiger partial charge in [0.05, 0.1) is 12.1 Å². The molecule has 0 saturated carbocycles. The van der Waals surface area contributed by atoms with Crippen LogP contribution in [0.15, 0.2) is 18.2 Å². The van der Waals surface area contributed by atoms with E-state index in [1.54, 1.807) is 0 Å². The summed E-state index contributed by atoms with van der Waals surface area (Å²) in [6.45, 7) is 5.19. The zero-order chi connectivity index (χ0) is 13.9. The number of benzene rings is 1. The predicted octanol–water partition coefficient (Wildman–Crippen LogP) is 2.89. The molecule has 3 nitrogen and oxygen atoms in total. The van der Waals surface area contributed by atoms with Crippen molar-refractivity contribution < 1.29 is 4.74 Å². The van der Waals surface area contributed by atoms with E-state index < -0.39 is 0 Å². The third-order valence-corrected chi connectivity index (χ3v) is 4.67. The summed E-state index contributed by atoms with van der Waals surface area (Å²) in [5, 5.41) is 0. The number of ether oxygens (including phenoxy) is 1. The van der Waals surface area contributed by atoms with Crippen LogP contribution in [0, 0.1) is 0 Å². The fraction of sp³-hybridized carbons (Fsp3) is 0.647. The standard InChI is InChI=1S/C17H26N2O/c1-2-13-7-8-16-14(11-13)17(15(18)12-20-16)19-9-5-3-4-6-10-19/h7-8,11,15,17H,2-6,9-10,12,18H2,1H3. The minimum Gasteiger partial charge on any atom is -0.492 e. The minimum absolute atomic E-state index is 0.0905. The molecule has 0 radical (unpaired) electrons. The smallest absolute Gasteiger partial charge is 0.124 e. The number of hydrogen-bond donors (Lipinski definition) is 1. The van der Waals surface area contributed by atoms with Crippen LogP contribution in [0.2, 0.25) is 0 Å². The van der Waals surface area contributed by atoms with Crippen LogP contribution in [0.1, 0.15) is 49.8 Å². The first-order chi connectivity index (χ1) is 9.79. The van der Waals surface area contributed by atoms with Crippen LogP contribution in [-0.4, -0.2) is 30.6 Å². The van der Waals surface area contributed by atoms with Crippen molar-refractivity contribution in [1.82, 2.24) is 4.90 Å². The van der Waals surface area contributed by atoms with E-state index in [1.165, 1.54) is 49.9 Å². The Hall–Kier alpha value is -1.06. The molecule has 2 atom stereocenters. The Kier molecular flexibility index (Phi) is 4.27. The third kappa shape index (κ3) is 2.70. The Balaban J connectivity index is 1.93. The normalized spacial score (nSPS) is 27.5. The molecule has 1 fully saturated rings. The highest BCUT2D eigenvalue weighted by atomic mass is 16.5. The molecular formula is C17H26N2O. The van der Waals surface area contributed by atoms with Gasteiger partial charge in [-0.15, -0.1) is 0 Å². The molecule has 0 amide bonds. The molecule has 1 aromatic rings. The number of aryl methyl sites for hydroxylation is 1. The Morgan fingerprint density at radius 2 is 1.95 bits per heavy atom. The van der Waals surface area contributed by atoms with Gasteiger partial charge in [-0.25, -0.2) is 0 Å². The second-order valence-corrected chi connectivity index (χ2v) is 6.10. The molecule has 2 N–H and O–H groups in total. The summed E-state index contributed by atoms with van der Waals surface area (Å²) < 4.78 is 5.84. The number of likely N-dealkylation sites (tertiary alicyclic amines) is 1. The lowest BCUT2D eigenvalue weighted by molar-refractivity contribution is 0.122. The van der Waals surface area contributed by atoms with E-state index in [0.29, 0.717) is 12.6 Å². The molecule has 0 aliphatic carbocycles. The van der Waals surface area contributed by atoms with E-state index in [-0.39, 0.29) is 6.04 Å². The summed E-state index contributed by atoms with van der Waals surface area (Å²) in [7, 11) is 0. The van der Waals surface area contributed by atoms with Crippen molar-refractivity contribution >= 4 is 0 Å². The number of fused-ring (bicyclic) bond motifs is 1. The van der Waals surface area contributed by atoms with Crippen LogP contribution in [-0.2, 0) is 6.42 Å². The first-order valence-corrected chi connectivity index (χ1v) is 8.05. The minimum atomic E-state index is 0.0905. The van der Waals surface area contributed by atoms with E-state index in [0.717, 1.165) is 12.2 Å². The zero-order valence-electron chi connectivity index (χ0n) is 12.5. The summed E-state index contributed by atoms with van der Waals surface area (Å²) in [4.78, 5) is 2.60. The second kappa shape index (κ2) is 6.15. The lowest BCUT2D eigenvalue weighted by atomic mass is 9.93. The van der Waals surface area contributed by atoms with Gasteiger partial charge in [-0.3, -0.25) is 4.90 Å². The van der Waals surface area contributed by atoms with E-state index >= 15 is 0 Å². The van der Waals surface area contributed by atoms with Gasteiger partial charge in [0.2, 0.25) is 0 Å². The molecule has 2 aliphatic heterocycles. The van der Waals surface area contributed by atoms with Gasteiger partial charge >= 0.3 is 0 Å². The van der Waals surface area contributed by atoms with Crippen molar-refractivity contribution in [2.75, 3.05) is 19.7 Å². The van der Waals surface area contributed by atoms with E-state index in [2.05, 4.69) is 30.0 Å². The summed E-state index contributed by atoms with van der Waals surface area (Å²) in [5.41, 5.74) is 9.09. The van der Waals surface area contributed by atoms with Gasteiger partial charge in [0.25, 0.3) is 0 Å². The molecule has 0 aromatic heterocycles. The Bertz CT molecular complexity index is 452. The molecule has 20 heavy (non-hydrogen) atoms. The topological polar surface area (TPSA) is 38.5 Å². The van der Waals surface area contributed by atoms with Crippen molar-refractivity contribution in [1.29, 1.82) is 0 Å². The third-order valence-electron chi connectivity index (χ3n) is 4.67. The summed E-state index contributed by atoms with van der Waals surface area (Å²) in [5.74, 6) is 1.04. The molecule has 110 valence electrons. The lowest BCUT2D eigenvalue weighted by Crippen LogP contribution is -2.47. The first kappa shape index (κ1) is 13.9. The Labute approximate surface area is 122 Å². The molecule has 2 unspecified atom stereocenters. The van der Waals surface area contributed by atoms with E-state index in [9.17, 15) is 0 Å². The maximum Gasteiger partial charge on any atom is 0.124 e. The SMILES string of the molecule is CCc1ccc2c(c1)C(N1CCCCCC1)C(N)CO2. The average Bonchev–Trinajstić information content (AvgIpc) is 2.75. The quantitative estimate of drug-likeness (QED) is 0.901. The van der Waals surface area contributed by atoms with E-state index in [1.807, 2.05) is 0 Å². The highest BCUT2D eigenvalue weighted by Gasteiger charge is 2.33. The van der Waals surface area contributed by atoms with Gasteiger partial charge in [-0.2, -0.15) is 0 Å². The molecule has 2 aliphatic rings. The summed E-state index contributed by atoms with van der Waals surface area (Å²) in [6.07, 6.45) is 6.38. The summed E-state index contributed by atoms with van der Waals surface area (Å²) in [6, 6.07) is 7.04. The molecule has 3 heteroatoms. The maximum absolute atomic E-state index is 6.40. The molecule has 2 heterocycles. The first-order valence-electron chi connectivity index (χ1n) is 8.05. The molecule has 0 bridgehead atoms. The van der Waals surface area contributed by atoms with Crippen molar-refractivity contribution in [2.45, 2.75) is 51.1 Å². The Morgan fingerprint density at radius 3 is 2.65 bits per heavy atom. The fourth-order valence-electron chi connectivity index (χ4n) is 3.53. The average molecular weight is 274 g/mol. The van der Waals surface area contributed by atoms with Gasteiger partial charge in [-0.1, -0.05) is 31.9 Å². The van der Waals surface area contributed by atoms with Crippen molar-refractivity contribution in [3.63, 3.8) is 0 Å². The van der Waals surface area contributed by atoms with Crippen LogP contribution in [0.4, 0.5) is 0 Å². The molecular weight excluding hydrogens is 248 g/mol. The Morgan fingerprint density at radius 1 is 1.20 bits per heavy atom.